The Morgan fingerprint density at radius 3 is 2.63 bits per heavy atom. The maximum absolute atomic E-state index is 12.9. The number of fused-ring (bicyclic) bond motifs is 1. The maximum atomic E-state index is 12.9. The molecule has 1 saturated heterocycles. The van der Waals surface area contributed by atoms with E-state index in [0.29, 0.717) is 36.9 Å². The molecular weight excluding hydrogens is 444 g/mol. The summed E-state index contributed by atoms with van der Waals surface area (Å²) in [6.45, 7) is 14.3. The second-order valence-electron chi connectivity index (χ2n) is 9.54. The molecule has 0 saturated carbocycles. The number of rotatable bonds is 7. The zero-order valence-electron chi connectivity index (χ0n) is 20.7. The summed E-state index contributed by atoms with van der Waals surface area (Å²) < 4.78 is 11.0. The molecule has 0 aliphatic carbocycles. The van der Waals surface area contributed by atoms with Crippen molar-refractivity contribution >= 4 is 28.9 Å². The number of hydrogen-bond acceptors (Lipinski definition) is 5. The van der Waals surface area contributed by atoms with Gasteiger partial charge in [0.15, 0.2) is 6.61 Å². The summed E-state index contributed by atoms with van der Waals surface area (Å²) >= 11 is 0. The lowest BCUT2D eigenvalue weighted by Crippen LogP contribution is -2.46. The molecule has 186 valence electrons. The highest BCUT2D eigenvalue weighted by atomic mass is 16.5. The van der Waals surface area contributed by atoms with Gasteiger partial charge in [-0.05, 0) is 56.2 Å². The molecule has 8 heteroatoms. The van der Waals surface area contributed by atoms with Crippen LogP contribution >= 0.6 is 0 Å². The van der Waals surface area contributed by atoms with Crippen LogP contribution in [0.15, 0.2) is 49.0 Å². The maximum Gasteiger partial charge on any atom is 0.319 e. The van der Waals surface area contributed by atoms with Crippen molar-refractivity contribution in [2.75, 3.05) is 56.2 Å². The normalized spacial score (nSPS) is 16.3. The average Bonchev–Trinajstić information content (AvgIpc) is 2.83. The number of anilines is 2. The average molecular weight is 479 g/mol. The number of nitrogens with one attached hydrogen (secondary N) is 2. The van der Waals surface area contributed by atoms with Gasteiger partial charge in [-0.25, -0.2) is 4.79 Å². The van der Waals surface area contributed by atoms with Crippen LogP contribution in [0.1, 0.15) is 31.9 Å². The van der Waals surface area contributed by atoms with E-state index in [-0.39, 0.29) is 18.5 Å². The fourth-order valence-electron chi connectivity index (χ4n) is 4.28. The minimum Gasteiger partial charge on any atom is -0.482 e. The predicted molar refractivity (Wildman–Crippen MR) is 138 cm³/mol. The van der Waals surface area contributed by atoms with E-state index >= 15 is 0 Å². The van der Waals surface area contributed by atoms with Crippen LogP contribution in [0.3, 0.4) is 0 Å². The number of carbonyl (C=O) groups excluding carboxylic acids is 2. The fourth-order valence-corrected chi connectivity index (χ4v) is 4.28. The number of allylic oxidation sites excluding steroid dienone is 1. The lowest BCUT2D eigenvalue weighted by molar-refractivity contribution is -0.121. The van der Waals surface area contributed by atoms with Gasteiger partial charge in [-0.15, -0.1) is 0 Å². The first-order valence-corrected chi connectivity index (χ1v) is 12.0. The molecule has 2 aromatic rings. The number of amides is 3. The molecule has 2 aliphatic rings. The molecule has 0 atom stereocenters. The van der Waals surface area contributed by atoms with Crippen molar-refractivity contribution < 1.29 is 19.1 Å². The quantitative estimate of drug-likeness (QED) is 0.632. The molecule has 3 amide bonds. The first-order chi connectivity index (χ1) is 16.7. The molecule has 2 aliphatic heterocycles. The minimum absolute atomic E-state index is 0.0147. The summed E-state index contributed by atoms with van der Waals surface area (Å²) in [5.74, 6) is 0.542. The molecule has 0 aromatic heterocycles. The summed E-state index contributed by atoms with van der Waals surface area (Å²) in [7, 11) is 0. The van der Waals surface area contributed by atoms with Crippen LogP contribution in [-0.4, -0.2) is 62.8 Å². The van der Waals surface area contributed by atoms with Gasteiger partial charge >= 0.3 is 6.03 Å². The van der Waals surface area contributed by atoms with Gasteiger partial charge in [-0.2, -0.15) is 0 Å². The van der Waals surface area contributed by atoms with Crippen LogP contribution in [0.25, 0.3) is 5.57 Å². The molecule has 0 unspecified atom stereocenters. The van der Waals surface area contributed by atoms with Gasteiger partial charge in [-0.1, -0.05) is 30.4 Å². The highest BCUT2D eigenvalue weighted by molar-refractivity contribution is 5.99. The van der Waals surface area contributed by atoms with Crippen LogP contribution in [0.2, 0.25) is 0 Å². The third-order valence-corrected chi connectivity index (χ3v) is 6.41. The Morgan fingerprint density at radius 2 is 1.89 bits per heavy atom. The largest absolute Gasteiger partial charge is 0.482 e. The van der Waals surface area contributed by atoms with Crippen LogP contribution in [0, 0.1) is 0 Å². The van der Waals surface area contributed by atoms with Gasteiger partial charge in [0.2, 0.25) is 0 Å². The third-order valence-electron chi connectivity index (χ3n) is 6.41. The standard InChI is InChI=1S/C27H34N4O4/c1-19(2)20-6-5-7-21(16-20)27(3,4)29-26(33)28-22-8-9-24-23(17-22)31(25(32)18-35-24)11-10-30-12-14-34-15-13-30/h5-9,16-17H,1,10-15,18H2,2-4H3,(H2,28,29,33). The molecule has 2 N–H and O–H groups in total. The number of urea groups is 1. The summed E-state index contributed by atoms with van der Waals surface area (Å²) in [6.07, 6.45) is 0. The zero-order chi connectivity index (χ0) is 25.0. The van der Waals surface area contributed by atoms with E-state index in [1.165, 1.54) is 0 Å². The Labute approximate surface area is 206 Å². The van der Waals surface area contributed by atoms with E-state index in [1.54, 1.807) is 23.1 Å². The van der Waals surface area contributed by atoms with E-state index < -0.39 is 5.54 Å². The second kappa shape index (κ2) is 10.5. The van der Waals surface area contributed by atoms with Crippen molar-refractivity contribution in [3.8, 4) is 5.75 Å². The number of hydrogen-bond donors (Lipinski definition) is 2. The van der Waals surface area contributed by atoms with Crippen LogP contribution in [-0.2, 0) is 15.1 Å². The van der Waals surface area contributed by atoms with E-state index in [1.807, 2.05) is 45.0 Å². The van der Waals surface area contributed by atoms with Crippen LogP contribution in [0.5, 0.6) is 5.75 Å². The lowest BCUT2D eigenvalue weighted by Gasteiger charge is -2.33. The topological polar surface area (TPSA) is 83.1 Å². The van der Waals surface area contributed by atoms with E-state index in [2.05, 4.69) is 22.1 Å². The third kappa shape index (κ3) is 6.01. The molecular formula is C27H34N4O4. The van der Waals surface area contributed by atoms with Crippen molar-refractivity contribution in [2.45, 2.75) is 26.3 Å². The number of ether oxygens (including phenoxy) is 2. The first kappa shape index (κ1) is 24.8. The van der Waals surface area contributed by atoms with Gasteiger partial charge in [0.1, 0.15) is 5.75 Å². The van der Waals surface area contributed by atoms with E-state index in [9.17, 15) is 9.59 Å². The lowest BCUT2D eigenvalue weighted by atomic mass is 9.92. The Bertz CT molecular complexity index is 1110. The monoisotopic (exact) mass is 478 g/mol. The molecule has 2 heterocycles. The first-order valence-electron chi connectivity index (χ1n) is 12.0. The van der Waals surface area contributed by atoms with Crippen molar-refractivity contribution in [3.63, 3.8) is 0 Å². The van der Waals surface area contributed by atoms with Crippen molar-refractivity contribution in [1.82, 2.24) is 10.2 Å². The van der Waals surface area contributed by atoms with Gasteiger partial charge < -0.3 is 25.0 Å². The van der Waals surface area contributed by atoms with Gasteiger partial charge in [0.25, 0.3) is 5.91 Å². The van der Waals surface area contributed by atoms with Crippen LogP contribution in [0.4, 0.5) is 16.2 Å². The molecule has 4 rings (SSSR count). The summed E-state index contributed by atoms with van der Waals surface area (Å²) in [5.41, 5.74) is 3.63. The molecule has 0 bridgehead atoms. The van der Waals surface area contributed by atoms with E-state index in [4.69, 9.17) is 9.47 Å². The molecule has 1 fully saturated rings. The summed E-state index contributed by atoms with van der Waals surface area (Å²) in [6, 6.07) is 13.0. The van der Waals surface area contributed by atoms with E-state index in [0.717, 1.165) is 36.3 Å². The summed E-state index contributed by atoms with van der Waals surface area (Å²) in [5, 5.41) is 5.95. The molecule has 0 radical (unpaired) electrons. The Balaban J connectivity index is 1.44. The fraction of sp³-hybridized carbons (Fsp3) is 0.407. The Morgan fingerprint density at radius 1 is 1.11 bits per heavy atom. The number of nitrogens with zero attached hydrogens (tertiary/aromatic N) is 2. The smallest absolute Gasteiger partial charge is 0.319 e. The zero-order valence-corrected chi connectivity index (χ0v) is 20.7. The van der Waals surface area contributed by atoms with Gasteiger partial charge in [0.05, 0.1) is 24.4 Å². The van der Waals surface area contributed by atoms with Crippen molar-refractivity contribution in [3.05, 3.63) is 60.2 Å². The highest BCUT2D eigenvalue weighted by Crippen LogP contribution is 2.34. The SMILES string of the molecule is C=C(C)c1cccc(C(C)(C)NC(=O)Nc2ccc3c(c2)N(CCN2CCOCC2)C(=O)CO3)c1. The highest BCUT2D eigenvalue weighted by Gasteiger charge is 2.27. The second-order valence-corrected chi connectivity index (χ2v) is 9.54. The predicted octanol–water partition coefficient (Wildman–Crippen LogP) is 3.83. The van der Waals surface area contributed by atoms with Crippen LogP contribution < -0.4 is 20.3 Å². The molecule has 35 heavy (non-hydrogen) atoms. The number of morpholine rings is 1. The molecule has 0 spiro atoms. The summed E-state index contributed by atoms with van der Waals surface area (Å²) in [4.78, 5) is 29.6. The number of benzene rings is 2. The van der Waals surface area contributed by atoms with Crippen molar-refractivity contribution in [2.24, 2.45) is 0 Å². The minimum atomic E-state index is -0.604. The Kier molecular flexibility index (Phi) is 7.42. The number of carbonyl (C=O) groups is 2. The Hall–Kier alpha value is -3.36. The van der Waals surface area contributed by atoms with Gasteiger partial charge in [0, 0.05) is 31.9 Å². The van der Waals surface area contributed by atoms with Gasteiger partial charge in [-0.3, -0.25) is 9.69 Å². The molecule has 2 aromatic carbocycles. The molecule has 8 nitrogen and oxygen atoms in total. The van der Waals surface area contributed by atoms with Crippen molar-refractivity contribution in [1.29, 1.82) is 0 Å².